The molecule has 1 heterocycles. The average Bonchev–Trinajstić information content (AvgIpc) is 2.30. The second kappa shape index (κ2) is 5.09. The Bertz CT molecular complexity index is 373. The first-order valence-corrected chi connectivity index (χ1v) is 5.46. The Balaban J connectivity index is 2.20. The fourth-order valence-electron chi connectivity index (χ4n) is 1.96. The largest absolute Gasteiger partial charge is 0.371 e. The third-order valence-corrected chi connectivity index (χ3v) is 2.69. The maximum atomic E-state index is 11.0. The van der Waals surface area contributed by atoms with Crippen molar-refractivity contribution in [2.45, 2.75) is 12.5 Å². The van der Waals surface area contributed by atoms with Crippen LogP contribution in [0.5, 0.6) is 0 Å². The minimum absolute atomic E-state index is 0.0318. The van der Waals surface area contributed by atoms with Gasteiger partial charge in [-0.1, -0.05) is 24.3 Å². The summed E-state index contributed by atoms with van der Waals surface area (Å²) in [5.41, 5.74) is 7.25. The first-order chi connectivity index (χ1) is 7.77. The second-order valence-electron chi connectivity index (χ2n) is 3.91. The van der Waals surface area contributed by atoms with E-state index >= 15 is 0 Å². The van der Waals surface area contributed by atoms with Gasteiger partial charge in [0.25, 0.3) is 0 Å². The van der Waals surface area contributed by atoms with Crippen LogP contribution >= 0.6 is 0 Å². The first-order valence-electron chi connectivity index (χ1n) is 5.46. The molecule has 0 aromatic heterocycles. The summed E-state index contributed by atoms with van der Waals surface area (Å²) in [5, 5.41) is 3.27. The molecule has 1 aliphatic rings. The van der Waals surface area contributed by atoms with Gasteiger partial charge in [0, 0.05) is 13.1 Å². The van der Waals surface area contributed by atoms with Crippen LogP contribution in [0.4, 0.5) is 0 Å². The van der Waals surface area contributed by atoms with E-state index in [1.165, 1.54) is 0 Å². The van der Waals surface area contributed by atoms with E-state index < -0.39 is 0 Å². The molecule has 1 aromatic carbocycles. The van der Waals surface area contributed by atoms with Crippen LogP contribution in [0.2, 0.25) is 0 Å². The number of nitrogens with two attached hydrogens (primary N) is 1. The Morgan fingerprint density at radius 1 is 1.50 bits per heavy atom. The van der Waals surface area contributed by atoms with Gasteiger partial charge in [0.2, 0.25) is 5.91 Å². The summed E-state index contributed by atoms with van der Waals surface area (Å²) >= 11 is 0. The molecular weight excluding hydrogens is 204 g/mol. The second-order valence-corrected chi connectivity index (χ2v) is 3.91. The van der Waals surface area contributed by atoms with E-state index in [0.717, 1.165) is 24.2 Å². The number of carbonyl (C=O) groups excluding carboxylic acids is 1. The Morgan fingerprint density at radius 2 is 2.31 bits per heavy atom. The average molecular weight is 220 g/mol. The van der Waals surface area contributed by atoms with Crippen LogP contribution in [0.1, 0.15) is 17.2 Å². The highest BCUT2D eigenvalue weighted by molar-refractivity contribution is 5.77. The summed E-state index contributed by atoms with van der Waals surface area (Å²) in [7, 11) is 0. The summed E-state index contributed by atoms with van der Waals surface area (Å²) in [5.74, 6) is -0.309. The Labute approximate surface area is 94.8 Å². The molecule has 0 bridgehead atoms. The fourth-order valence-corrected chi connectivity index (χ4v) is 1.96. The van der Waals surface area contributed by atoms with E-state index in [1.54, 1.807) is 0 Å². The molecule has 1 amide bonds. The number of morpholine rings is 1. The Kier molecular flexibility index (Phi) is 3.54. The van der Waals surface area contributed by atoms with Crippen LogP contribution < -0.4 is 11.1 Å². The molecule has 1 unspecified atom stereocenters. The maximum Gasteiger partial charge on any atom is 0.221 e. The Morgan fingerprint density at radius 3 is 3.00 bits per heavy atom. The molecule has 1 aliphatic heterocycles. The molecule has 4 heteroatoms. The van der Waals surface area contributed by atoms with E-state index in [0.29, 0.717) is 6.61 Å². The maximum absolute atomic E-state index is 11.0. The van der Waals surface area contributed by atoms with E-state index in [4.69, 9.17) is 10.5 Å². The van der Waals surface area contributed by atoms with Crippen LogP contribution in [-0.4, -0.2) is 25.6 Å². The summed E-state index contributed by atoms with van der Waals surface area (Å²) in [6.45, 7) is 2.37. The van der Waals surface area contributed by atoms with Gasteiger partial charge in [-0.3, -0.25) is 4.79 Å². The lowest BCUT2D eigenvalue weighted by Gasteiger charge is -2.25. The molecule has 1 aromatic rings. The lowest BCUT2D eigenvalue weighted by Crippen LogP contribution is -2.34. The molecule has 16 heavy (non-hydrogen) atoms. The van der Waals surface area contributed by atoms with Gasteiger partial charge in [0.05, 0.1) is 19.1 Å². The van der Waals surface area contributed by atoms with Crippen LogP contribution in [0.25, 0.3) is 0 Å². The van der Waals surface area contributed by atoms with Crippen LogP contribution in [0, 0.1) is 0 Å². The van der Waals surface area contributed by atoms with Gasteiger partial charge in [-0.2, -0.15) is 0 Å². The summed E-state index contributed by atoms with van der Waals surface area (Å²) < 4.78 is 5.67. The lowest BCUT2D eigenvalue weighted by atomic mass is 9.99. The Hall–Kier alpha value is -1.39. The number of hydrogen-bond donors (Lipinski definition) is 2. The van der Waals surface area contributed by atoms with Gasteiger partial charge in [0.15, 0.2) is 0 Å². The van der Waals surface area contributed by atoms with Crippen molar-refractivity contribution in [3.8, 4) is 0 Å². The van der Waals surface area contributed by atoms with Crippen molar-refractivity contribution in [3.63, 3.8) is 0 Å². The molecular formula is C12H16N2O2. The van der Waals surface area contributed by atoms with Gasteiger partial charge in [-0.05, 0) is 11.1 Å². The highest BCUT2D eigenvalue weighted by Gasteiger charge is 2.18. The number of benzene rings is 1. The molecule has 3 N–H and O–H groups in total. The number of nitrogens with one attached hydrogen (secondary N) is 1. The third-order valence-electron chi connectivity index (χ3n) is 2.69. The van der Waals surface area contributed by atoms with Crippen molar-refractivity contribution >= 4 is 5.91 Å². The summed E-state index contributed by atoms with van der Waals surface area (Å²) in [6.07, 6.45) is 0.306. The number of ether oxygens (including phenoxy) is 1. The van der Waals surface area contributed by atoms with Gasteiger partial charge in [0.1, 0.15) is 0 Å². The van der Waals surface area contributed by atoms with Crippen molar-refractivity contribution in [2.24, 2.45) is 5.73 Å². The molecule has 86 valence electrons. The zero-order chi connectivity index (χ0) is 11.4. The monoisotopic (exact) mass is 220 g/mol. The number of carbonyl (C=O) groups is 1. The van der Waals surface area contributed by atoms with Gasteiger partial charge in [-0.25, -0.2) is 0 Å². The molecule has 0 aliphatic carbocycles. The van der Waals surface area contributed by atoms with Crippen molar-refractivity contribution in [3.05, 3.63) is 35.4 Å². The van der Waals surface area contributed by atoms with Crippen LogP contribution in [0.3, 0.4) is 0 Å². The predicted octanol–water partition coefficient (Wildman–Crippen LogP) is 0.375. The molecule has 4 nitrogen and oxygen atoms in total. The molecule has 1 saturated heterocycles. The van der Waals surface area contributed by atoms with Crippen molar-refractivity contribution < 1.29 is 9.53 Å². The molecule has 0 radical (unpaired) electrons. The van der Waals surface area contributed by atoms with Crippen molar-refractivity contribution in [1.29, 1.82) is 0 Å². The normalized spacial score (nSPS) is 20.6. The van der Waals surface area contributed by atoms with Crippen molar-refractivity contribution in [1.82, 2.24) is 5.32 Å². The molecule has 2 rings (SSSR count). The molecule has 1 fully saturated rings. The summed E-state index contributed by atoms with van der Waals surface area (Å²) in [4.78, 5) is 11.0. The van der Waals surface area contributed by atoms with Crippen molar-refractivity contribution in [2.75, 3.05) is 19.7 Å². The SMILES string of the molecule is NC(=O)Cc1ccccc1C1CNCCO1. The van der Waals surface area contributed by atoms with E-state index in [-0.39, 0.29) is 18.4 Å². The zero-order valence-electron chi connectivity index (χ0n) is 9.11. The zero-order valence-corrected chi connectivity index (χ0v) is 9.11. The standard InChI is InChI=1S/C12H16N2O2/c13-12(15)7-9-3-1-2-4-10(9)11-8-14-5-6-16-11/h1-4,11,14H,5-8H2,(H2,13,15). The lowest BCUT2D eigenvalue weighted by molar-refractivity contribution is -0.117. The van der Waals surface area contributed by atoms with E-state index in [1.807, 2.05) is 24.3 Å². The first kappa shape index (κ1) is 11.1. The number of primary amides is 1. The number of rotatable bonds is 3. The third kappa shape index (κ3) is 2.59. The highest BCUT2D eigenvalue weighted by Crippen LogP contribution is 2.22. The minimum atomic E-state index is -0.309. The molecule has 1 atom stereocenters. The number of hydrogen-bond acceptors (Lipinski definition) is 3. The fraction of sp³-hybridized carbons (Fsp3) is 0.417. The van der Waals surface area contributed by atoms with E-state index in [2.05, 4.69) is 5.32 Å². The number of amides is 1. The smallest absolute Gasteiger partial charge is 0.221 e. The molecule has 0 saturated carbocycles. The minimum Gasteiger partial charge on any atom is -0.371 e. The molecule has 0 spiro atoms. The van der Waals surface area contributed by atoms with Crippen LogP contribution in [-0.2, 0) is 16.0 Å². The van der Waals surface area contributed by atoms with Crippen LogP contribution in [0.15, 0.2) is 24.3 Å². The highest BCUT2D eigenvalue weighted by atomic mass is 16.5. The van der Waals surface area contributed by atoms with Gasteiger partial charge in [-0.15, -0.1) is 0 Å². The van der Waals surface area contributed by atoms with Gasteiger partial charge < -0.3 is 15.8 Å². The topological polar surface area (TPSA) is 64.4 Å². The predicted molar refractivity (Wildman–Crippen MR) is 60.9 cm³/mol. The van der Waals surface area contributed by atoms with Gasteiger partial charge >= 0.3 is 0 Å². The quantitative estimate of drug-likeness (QED) is 0.773. The summed E-state index contributed by atoms with van der Waals surface area (Å²) in [6, 6.07) is 7.80. The van der Waals surface area contributed by atoms with E-state index in [9.17, 15) is 4.79 Å².